The Hall–Kier alpha value is -3.46. The maximum absolute atomic E-state index is 13.2. The van der Waals surface area contributed by atoms with Gasteiger partial charge in [0.25, 0.3) is 0 Å². The van der Waals surface area contributed by atoms with Crippen molar-refractivity contribution in [2.75, 3.05) is 37.6 Å². The number of carbonyl (C=O) groups excluding carboxylic acids is 3. The third kappa shape index (κ3) is 6.16. The molecule has 2 saturated heterocycles. The van der Waals surface area contributed by atoms with E-state index in [9.17, 15) is 18.8 Å². The van der Waals surface area contributed by atoms with E-state index in [1.54, 1.807) is 26.8 Å². The normalized spacial score (nSPS) is 18.7. The Bertz CT molecular complexity index is 1060. The highest BCUT2D eigenvalue weighted by atomic mass is 19.1. The molecule has 0 aromatic heterocycles. The molecule has 4 amide bonds. The van der Waals surface area contributed by atoms with Gasteiger partial charge in [0, 0.05) is 37.9 Å². The lowest BCUT2D eigenvalue weighted by Crippen LogP contribution is -2.42. The van der Waals surface area contributed by atoms with Crippen molar-refractivity contribution in [2.45, 2.75) is 39.0 Å². The Balaban J connectivity index is 1.42. The first-order valence-corrected chi connectivity index (χ1v) is 11.9. The summed E-state index contributed by atoms with van der Waals surface area (Å²) in [6.45, 7) is 6.04. The minimum atomic E-state index is -0.367. The second-order valence-electron chi connectivity index (χ2n) is 9.20. The Morgan fingerprint density at radius 1 is 1.06 bits per heavy atom. The quantitative estimate of drug-likeness (QED) is 0.658. The molecule has 1 N–H and O–H groups in total. The highest BCUT2D eigenvalue weighted by Gasteiger charge is 2.32. The van der Waals surface area contributed by atoms with Crippen LogP contribution in [0.15, 0.2) is 48.5 Å². The number of ether oxygens (including phenoxy) is 1. The first kappa shape index (κ1) is 24.7. The Morgan fingerprint density at radius 2 is 1.74 bits per heavy atom. The van der Waals surface area contributed by atoms with Gasteiger partial charge >= 0.3 is 6.03 Å². The van der Waals surface area contributed by atoms with E-state index in [0.717, 1.165) is 16.8 Å². The summed E-state index contributed by atoms with van der Waals surface area (Å²) < 4.78 is 19.3. The summed E-state index contributed by atoms with van der Waals surface area (Å²) >= 11 is 0. The number of anilines is 1. The molecule has 0 saturated carbocycles. The van der Waals surface area contributed by atoms with E-state index < -0.39 is 0 Å². The van der Waals surface area contributed by atoms with Crippen LogP contribution in [0.2, 0.25) is 0 Å². The molecule has 2 aliphatic heterocycles. The number of halogens is 1. The fraction of sp³-hybridized carbons (Fsp3) is 0.423. The average Bonchev–Trinajstić information content (AvgIpc) is 3.18. The molecular weight excluding hydrogens is 451 g/mol. The van der Waals surface area contributed by atoms with Crippen molar-refractivity contribution in [1.29, 1.82) is 0 Å². The smallest absolute Gasteiger partial charge is 0.321 e. The lowest BCUT2D eigenvalue weighted by molar-refractivity contribution is -0.139. The monoisotopic (exact) mass is 482 g/mol. The van der Waals surface area contributed by atoms with Crippen LogP contribution in [0.4, 0.5) is 14.9 Å². The lowest BCUT2D eigenvalue weighted by Gasteiger charge is -2.27. The van der Waals surface area contributed by atoms with Gasteiger partial charge in [0.2, 0.25) is 11.8 Å². The predicted octanol–water partition coefficient (Wildman–Crippen LogP) is 2.56. The maximum atomic E-state index is 13.2. The molecule has 2 aromatic carbocycles. The SMILES string of the molecule is CC(C)N1C[C@H](OCc2ccc(F)cc2)CN(C(=O)Cc2ccc(N3CCNC3=O)cc2)CC1=O. The number of hydrogen-bond acceptors (Lipinski definition) is 4. The molecule has 4 rings (SSSR count). The van der Waals surface area contributed by atoms with Crippen LogP contribution in [0.5, 0.6) is 0 Å². The maximum Gasteiger partial charge on any atom is 0.321 e. The van der Waals surface area contributed by atoms with Gasteiger partial charge in [-0.1, -0.05) is 24.3 Å². The summed E-state index contributed by atoms with van der Waals surface area (Å²) in [6, 6.07) is 13.3. The van der Waals surface area contributed by atoms with Gasteiger partial charge in [-0.2, -0.15) is 0 Å². The van der Waals surface area contributed by atoms with Crippen molar-refractivity contribution in [1.82, 2.24) is 15.1 Å². The molecule has 0 radical (unpaired) electrons. The number of benzene rings is 2. The van der Waals surface area contributed by atoms with Gasteiger partial charge in [-0.3, -0.25) is 14.5 Å². The van der Waals surface area contributed by atoms with E-state index >= 15 is 0 Å². The summed E-state index contributed by atoms with van der Waals surface area (Å²) in [5.41, 5.74) is 2.41. The summed E-state index contributed by atoms with van der Waals surface area (Å²) in [6.07, 6.45) is -0.222. The molecule has 9 heteroatoms. The minimum Gasteiger partial charge on any atom is -0.370 e. The van der Waals surface area contributed by atoms with Crippen LogP contribution in [0.1, 0.15) is 25.0 Å². The van der Waals surface area contributed by atoms with Gasteiger partial charge in [-0.25, -0.2) is 9.18 Å². The van der Waals surface area contributed by atoms with Crippen LogP contribution < -0.4 is 10.2 Å². The molecule has 2 aliphatic rings. The van der Waals surface area contributed by atoms with Crippen LogP contribution in [0, 0.1) is 5.82 Å². The van der Waals surface area contributed by atoms with Crippen LogP contribution >= 0.6 is 0 Å². The fourth-order valence-electron chi connectivity index (χ4n) is 4.33. The molecule has 186 valence electrons. The highest BCUT2D eigenvalue weighted by Crippen LogP contribution is 2.19. The second kappa shape index (κ2) is 10.9. The molecular formula is C26H31FN4O4. The molecule has 0 aliphatic carbocycles. The van der Waals surface area contributed by atoms with Gasteiger partial charge in [0.15, 0.2) is 0 Å². The van der Waals surface area contributed by atoms with Crippen LogP contribution in [0.3, 0.4) is 0 Å². The van der Waals surface area contributed by atoms with Crippen molar-refractivity contribution in [3.63, 3.8) is 0 Å². The molecule has 0 unspecified atom stereocenters. The summed E-state index contributed by atoms with van der Waals surface area (Å²) in [7, 11) is 0. The summed E-state index contributed by atoms with van der Waals surface area (Å²) in [5, 5.41) is 2.77. The van der Waals surface area contributed by atoms with Gasteiger partial charge < -0.3 is 19.9 Å². The van der Waals surface area contributed by atoms with E-state index in [2.05, 4.69) is 5.32 Å². The average molecular weight is 483 g/mol. The van der Waals surface area contributed by atoms with Gasteiger partial charge in [0.1, 0.15) is 5.82 Å². The van der Waals surface area contributed by atoms with E-state index in [0.29, 0.717) is 26.2 Å². The van der Waals surface area contributed by atoms with Gasteiger partial charge in [-0.05, 0) is 49.2 Å². The summed E-state index contributed by atoms with van der Waals surface area (Å²) in [4.78, 5) is 42.9. The molecule has 8 nitrogen and oxygen atoms in total. The van der Waals surface area contributed by atoms with Gasteiger partial charge in [-0.15, -0.1) is 0 Å². The zero-order valence-corrected chi connectivity index (χ0v) is 20.1. The number of carbonyl (C=O) groups is 3. The number of rotatable bonds is 7. The summed E-state index contributed by atoms with van der Waals surface area (Å²) in [5.74, 6) is -0.587. The lowest BCUT2D eigenvalue weighted by atomic mass is 10.1. The molecule has 2 aromatic rings. The standard InChI is InChI=1S/C26H31FN4O4/c1-18(2)31-15-23(35-17-20-3-7-21(27)8-4-20)14-29(16-25(31)33)24(32)13-19-5-9-22(10-6-19)30-12-11-28-26(30)34/h3-10,18,23H,11-17H2,1-2H3,(H,28,34)/t23-/m1/s1. The largest absolute Gasteiger partial charge is 0.370 e. The van der Waals surface area contributed by atoms with Gasteiger partial charge in [0.05, 0.1) is 25.7 Å². The molecule has 0 spiro atoms. The van der Waals surface area contributed by atoms with Crippen LogP contribution in [-0.4, -0.2) is 72.5 Å². The topological polar surface area (TPSA) is 82.2 Å². The number of urea groups is 1. The van der Waals surface area contributed by atoms with Crippen molar-refractivity contribution in [2.24, 2.45) is 0 Å². The van der Waals surface area contributed by atoms with E-state index in [1.165, 1.54) is 12.1 Å². The Kier molecular flexibility index (Phi) is 7.65. The van der Waals surface area contributed by atoms with Crippen molar-refractivity contribution >= 4 is 23.5 Å². The van der Waals surface area contributed by atoms with E-state index in [1.807, 2.05) is 38.1 Å². The number of nitrogens with zero attached hydrogens (tertiary/aromatic N) is 3. The highest BCUT2D eigenvalue weighted by molar-refractivity contribution is 5.94. The Morgan fingerprint density at radius 3 is 2.37 bits per heavy atom. The third-order valence-corrected chi connectivity index (χ3v) is 6.31. The predicted molar refractivity (Wildman–Crippen MR) is 129 cm³/mol. The first-order valence-electron chi connectivity index (χ1n) is 11.9. The third-order valence-electron chi connectivity index (χ3n) is 6.31. The number of hydrogen-bond donors (Lipinski definition) is 1. The van der Waals surface area contributed by atoms with E-state index in [-0.39, 0.29) is 55.4 Å². The molecule has 35 heavy (non-hydrogen) atoms. The van der Waals surface area contributed by atoms with E-state index in [4.69, 9.17) is 4.74 Å². The fourth-order valence-corrected chi connectivity index (χ4v) is 4.33. The molecule has 2 fully saturated rings. The molecule has 0 bridgehead atoms. The number of amides is 4. The zero-order chi connectivity index (χ0) is 24.9. The molecule has 2 heterocycles. The second-order valence-corrected chi connectivity index (χ2v) is 9.20. The zero-order valence-electron chi connectivity index (χ0n) is 20.1. The molecule has 1 atom stereocenters. The first-order chi connectivity index (χ1) is 16.8. The Labute approximate surface area is 204 Å². The number of nitrogens with one attached hydrogen (secondary N) is 1. The van der Waals surface area contributed by atoms with Crippen molar-refractivity contribution in [3.8, 4) is 0 Å². The van der Waals surface area contributed by atoms with Crippen molar-refractivity contribution < 1.29 is 23.5 Å². The van der Waals surface area contributed by atoms with Crippen molar-refractivity contribution in [3.05, 3.63) is 65.5 Å². The van der Waals surface area contributed by atoms with Crippen LogP contribution in [0.25, 0.3) is 0 Å². The minimum absolute atomic E-state index is 0.000542. The van der Waals surface area contributed by atoms with Crippen LogP contribution in [-0.2, 0) is 27.4 Å².